The van der Waals surface area contributed by atoms with Gasteiger partial charge in [0.15, 0.2) is 0 Å². The quantitative estimate of drug-likeness (QED) is 0.348. The van der Waals surface area contributed by atoms with Gasteiger partial charge in [-0.1, -0.05) is 13.0 Å². The van der Waals surface area contributed by atoms with E-state index < -0.39 is 0 Å². The van der Waals surface area contributed by atoms with Crippen molar-refractivity contribution >= 4 is 86.4 Å². The number of aromatic nitrogens is 2. The molecule has 5 rings (SSSR count). The van der Waals surface area contributed by atoms with Crippen LogP contribution in [0.3, 0.4) is 0 Å². The standard InChI is InChI=1S/C24H29BrN6OS.3ClH/c1-2-30-10-12-31(13-11-30)9-8-26-24-27-15-19(25)22(29-24)21-14-18-17(4-3-5-20(18)33-21)23(32)28-16-6-7-16;;;/h3-5,14-16H,2,6-13H2,1H3,(H,28,32)(H,26,27,29);3*1H. The Labute approximate surface area is 243 Å². The molecule has 0 atom stereocenters. The molecule has 12 heteroatoms. The second kappa shape index (κ2) is 14.1. The molecule has 198 valence electrons. The molecule has 7 nitrogen and oxygen atoms in total. The van der Waals surface area contributed by atoms with E-state index in [1.807, 2.05) is 12.1 Å². The topological polar surface area (TPSA) is 73.4 Å². The van der Waals surface area contributed by atoms with Crippen molar-refractivity contribution in [3.05, 3.63) is 40.5 Å². The highest BCUT2D eigenvalue weighted by Crippen LogP contribution is 2.37. The lowest BCUT2D eigenvalue weighted by Crippen LogP contribution is -2.47. The van der Waals surface area contributed by atoms with Crippen molar-refractivity contribution in [1.29, 1.82) is 0 Å². The number of fused-ring (bicyclic) bond motifs is 1. The number of piperazine rings is 1. The molecule has 2 fully saturated rings. The SMILES string of the molecule is CCN1CCN(CCNc2ncc(Br)c(-c3cc4c(C(=O)NC5CC5)cccc4s3)n2)CC1.Cl.Cl.Cl. The first-order chi connectivity index (χ1) is 16.1. The fraction of sp³-hybridized carbons (Fsp3) is 0.458. The number of benzene rings is 1. The van der Waals surface area contributed by atoms with Crippen molar-refractivity contribution in [1.82, 2.24) is 25.1 Å². The number of carbonyl (C=O) groups is 1. The van der Waals surface area contributed by atoms with Crippen LogP contribution in [-0.4, -0.2) is 77.5 Å². The molecule has 2 aliphatic rings. The van der Waals surface area contributed by atoms with Gasteiger partial charge in [-0.2, -0.15) is 0 Å². The van der Waals surface area contributed by atoms with Crippen molar-refractivity contribution in [3.63, 3.8) is 0 Å². The third-order valence-corrected chi connectivity index (χ3v) is 8.01. The predicted molar refractivity (Wildman–Crippen MR) is 160 cm³/mol. The summed E-state index contributed by atoms with van der Waals surface area (Å²) in [7, 11) is 0. The third kappa shape index (κ3) is 7.43. The van der Waals surface area contributed by atoms with Gasteiger partial charge in [0.2, 0.25) is 5.95 Å². The van der Waals surface area contributed by atoms with Crippen molar-refractivity contribution in [3.8, 4) is 10.6 Å². The Kier molecular flexibility index (Phi) is 12.1. The molecule has 1 aliphatic carbocycles. The van der Waals surface area contributed by atoms with Gasteiger partial charge >= 0.3 is 0 Å². The maximum atomic E-state index is 12.7. The van der Waals surface area contributed by atoms with Gasteiger partial charge in [-0.25, -0.2) is 9.97 Å². The van der Waals surface area contributed by atoms with E-state index in [2.05, 4.69) is 60.4 Å². The van der Waals surface area contributed by atoms with Gasteiger partial charge in [0.1, 0.15) is 5.69 Å². The van der Waals surface area contributed by atoms with Crippen LogP contribution in [0.4, 0.5) is 5.95 Å². The van der Waals surface area contributed by atoms with E-state index in [9.17, 15) is 4.79 Å². The number of likely N-dealkylation sites (N-methyl/N-ethyl adjacent to an activating group) is 1. The first kappa shape index (κ1) is 31.0. The smallest absolute Gasteiger partial charge is 0.252 e. The minimum atomic E-state index is 0. The summed E-state index contributed by atoms with van der Waals surface area (Å²) in [5, 5.41) is 7.46. The van der Waals surface area contributed by atoms with Gasteiger partial charge in [-0.3, -0.25) is 9.69 Å². The zero-order chi connectivity index (χ0) is 22.8. The van der Waals surface area contributed by atoms with Gasteiger partial charge < -0.3 is 15.5 Å². The zero-order valence-corrected chi connectivity index (χ0v) is 24.9. The number of nitrogens with zero attached hydrogens (tertiary/aromatic N) is 4. The van der Waals surface area contributed by atoms with E-state index in [1.165, 1.54) is 0 Å². The number of amides is 1. The number of hydrogen-bond acceptors (Lipinski definition) is 7. The van der Waals surface area contributed by atoms with E-state index in [1.54, 1.807) is 17.5 Å². The lowest BCUT2D eigenvalue weighted by Gasteiger charge is -2.33. The zero-order valence-electron chi connectivity index (χ0n) is 20.0. The van der Waals surface area contributed by atoms with Crippen molar-refractivity contribution in [2.45, 2.75) is 25.8 Å². The fourth-order valence-electron chi connectivity index (χ4n) is 4.15. The van der Waals surface area contributed by atoms with Gasteiger partial charge in [-0.15, -0.1) is 48.6 Å². The number of nitrogens with one attached hydrogen (secondary N) is 2. The van der Waals surface area contributed by atoms with Crippen LogP contribution < -0.4 is 10.6 Å². The van der Waals surface area contributed by atoms with E-state index in [4.69, 9.17) is 4.98 Å². The maximum Gasteiger partial charge on any atom is 0.252 e. The molecule has 2 N–H and O–H groups in total. The van der Waals surface area contributed by atoms with Gasteiger partial charge in [0.05, 0.1) is 9.35 Å². The minimum absolute atomic E-state index is 0. The lowest BCUT2D eigenvalue weighted by atomic mass is 10.1. The van der Waals surface area contributed by atoms with E-state index >= 15 is 0 Å². The highest BCUT2D eigenvalue weighted by atomic mass is 79.9. The summed E-state index contributed by atoms with van der Waals surface area (Å²) in [6.45, 7) is 9.65. The van der Waals surface area contributed by atoms with Crippen LogP contribution in [0.2, 0.25) is 0 Å². The van der Waals surface area contributed by atoms with Crippen molar-refractivity contribution < 1.29 is 4.79 Å². The van der Waals surface area contributed by atoms with E-state index in [-0.39, 0.29) is 43.1 Å². The molecule has 1 saturated heterocycles. The molecule has 0 spiro atoms. The monoisotopic (exact) mass is 636 g/mol. The highest BCUT2D eigenvalue weighted by molar-refractivity contribution is 9.10. The summed E-state index contributed by atoms with van der Waals surface area (Å²) in [4.78, 5) is 27.9. The summed E-state index contributed by atoms with van der Waals surface area (Å²) in [5.41, 5.74) is 1.58. The molecule has 36 heavy (non-hydrogen) atoms. The molecule has 0 bridgehead atoms. The Morgan fingerprint density at radius 1 is 1.14 bits per heavy atom. The molecule has 2 aromatic heterocycles. The van der Waals surface area contributed by atoms with Gasteiger partial charge in [0, 0.05) is 67.2 Å². The molecule has 1 saturated carbocycles. The minimum Gasteiger partial charge on any atom is -0.353 e. The third-order valence-electron chi connectivity index (χ3n) is 6.32. The molecule has 1 aromatic carbocycles. The normalized spacial score (nSPS) is 15.9. The summed E-state index contributed by atoms with van der Waals surface area (Å²) in [5.74, 6) is 0.640. The molecular formula is C24H32BrCl3N6OS. The van der Waals surface area contributed by atoms with Crippen LogP contribution in [0.1, 0.15) is 30.1 Å². The summed E-state index contributed by atoms with van der Waals surface area (Å²) in [6.07, 6.45) is 3.96. The second-order valence-electron chi connectivity index (χ2n) is 8.67. The second-order valence-corrected chi connectivity index (χ2v) is 10.6. The Morgan fingerprint density at radius 2 is 1.86 bits per heavy atom. The fourth-order valence-corrected chi connectivity index (χ4v) is 5.77. The summed E-state index contributed by atoms with van der Waals surface area (Å²) >= 11 is 5.26. The summed E-state index contributed by atoms with van der Waals surface area (Å²) in [6, 6.07) is 8.33. The van der Waals surface area contributed by atoms with E-state index in [0.29, 0.717) is 12.0 Å². The molecule has 1 amide bonds. The Balaban J connectivity index is 0.00000152. The number of thiophene rings is 1. The maximum absolute atomic E-state index is 12.7. The Morgan fingerprint density at radius 3 is 2.56 bits per heavy atom. The van der Waals surface area contributed by atoms with Gasteiger partial charge in [0.25, 0.3) is 5.91 Å². The van der Waals surface area contributed by atoms with Gasteiger partial charge in [-0.05, 0) is 53.5 Å². The highest BCUT2D eigenvalue weighted by Gasteiger charge is 2.25. The molecule has 1 aliphatic heterocycles. The average Bonchev–Trinajstić information content (AvgIpc) is 3.54. The molecule has 3 heterocycles. The molecule has 0 unspecified atom stereocenters. The van der Waals surface area contributed by atoms with Crippen LogP contribution in [0.15, 0.2) is 34.9 Å². The first-order valence-electron chi connectivity index (χ1n) is 11.7. The average molecular weight is 639 g/mol. The van der Waals surface area contributed by atoms with Crippen molar-refractivity contribution in [2.24, 2.45) is 0 Å². The molecular weight excluding hydrogens is 607 g/mol. The Hall–Kier alpha value is -1.20. The lowest BCUT2D eigenvalue weighted by molar-refractivity contribution is 0.0953. The number of carbonyl (C=O) groups excluding carboxylic acids is 1. The number of rotatable bonds is 8. The van der Waals surface area contributed by atoms with Crippen molar-refractivity contribution in [2.75, 3.05) is 51.1 Å². The largest absolute Gasteiger partial charge is 0.353 e. The van der Waals surface area contributed by atoms with Crippen LogP contribution in [0.5, 0.6) is 0 Å². The summed E-state index contributed by atoms with van der Waals surface area (Å²) < 4.78 is 1.93. The first-order valence-corrected chi connectivity index (χ1v) is 13.3. The number of hydrogen-bond donors (Lipinski definition) is 2. The van der Waals surface area contributed by atoms with E-state index in [0.717, 1.165) is 89.3 Å². The number of halogens is 4. The number of anilines is 1. The van der Waals surface area contributed by atoms with Crippen LogP contribution >= 0.6 is 64.5 Å². The molecule has 0 radical (unpaired) electrons. The molecule has 3 aromatic rings. The predicted octanol–water partition coefficient (Wildman–Crippen LogP) is 5.33. The van der Waals surface area contributed by atoms with Crippen LogP contribution in [0, 0.1) is 0 Å². The van der Waals surface area contributed by atoms with Crippen LogP contribution in [-0.2, 0) is 0 Å². The Bertz CT molecular complexity index is 1150. The van der Waals surface area contributed by atoms with Crippen LogP contribution in [0.25, 0.3) is 20.7 Å².